The van der Waals surface area contributed by atoms with Gasteiger partial charge in [-0.15, -0.1) is 0 Å². The van der Waals surface area contributed by atoms with Crippen molar-refractivity contribution in [2.75, 3.05) is 14.2 Å². The summed E-state index contributed by atoms with van der Waals surface area (Å²) >= 11 is 0. The standard InChI is InChI=1S/C26H27F2NO6/c1-15-12-21(16(2)29(15)19-7-9-20(10-8-19)35-26(27)28)25(31)17(3)34-24(30)14-18-6-11-22(32-4)23(13-18)33-5/h6-13,17,26H,14H2,1-5H3/t17-/m1/s1. The zero-order valence-corrected chi connectivity index (χ0v) is 20.1. The summed E-state index contributed by atoms with van der Waals surface area (Å²) in [5.41, 5.74) is 3.14. The van der Waals surface area contributed by atoms with E-state index in [4.69, 9.17) is 14.2 Å². The molecule has 1 heterocycles. The van der Waals surface area contributed by atoms with Crippen LogP contribution in [0.25, 0.3) is 5.69 Å². The van der Waals surface area contributed by atoms with Gasteiger partial charge in [0.05, 0.1) is 20.6 Å². The number of alkyl halides is 2. The first-order chi connectivity index (χ1) is 16.6. The Bertz CT molecular complexity index is 1200. The maximum atomic E-state index is 13.1. The van der Waals surface area contributed by atoms with Gasteiger partial charge < -0.3 is 23.5 Å². The van der Waals surface area contributed by atoms with Crippen LogP contribution in [0.3, 0.4) is 0 Å². The number of nitrogens with zero attached hydrogens (tertiary/aromatic N) is 1. The van der Waals surface area contributed by atoms with Crippen LogP contribution in [0.5, 0.6) is 17.2 Å². The number of Topliss-reactive ketones (excluding diaryl/α,β-unsaturated/α-hetero) is 1. The van der Waals surface area contributed by atoms with E-state index in [1.807, 2.05) is 11.5 Å². The van der Waals surface area contributed by atoms with Crippen LogP contribution >= 0.6 is 0 Å². The number of ketones is 1. The van der Waals surface area contributed by atoms with Crippen molar-refractivity contribution in [3.8, 4) is 22.9 Å². The summed E-state index contributed by atoms with van der Waals surface area (Å²) in [6.07, 6.45) is -1.04. The summed E-state index contributed by atoms with van der Waals surface area (Å²) in [5.74, 6) is 0.171. The second kappa shape index (κ2) is 11.0. The average molecular weight is 487 g/mol. The highest BCUT2D eigenvalue weighted by atomic mass is 19.3. The van der Waals surface area contributed by atoms with E-state index in [0.717, 1.165) is 5.69 Å². The van der Waals surface area contributed by atoms with E-state index in [-0.39, 0.29) is 18.0 Å². The Morgan fingerprint density at radius 3 is 2.20 bits per heavy atom. The molecule has 0 spiro atoms. The zero-order chi connectivity index (χ0) is 25.7. The minimum Gasteiger partial charge on any atom is -0.493 e. The molecule has 0 unspecified atom stereocenters. The SMILES string of the molecule is COc1ccc(CC(=O)O[C@H](C)C(=O)c2cc(C)n(-c3ccc(OC(F)F)cc3)c2C)cc1OC. The van der Waals surface area contributed by atoms with E-state index in [1.54, 1.807) is 43.3 Å². The summed E-state index contributed by atoms with van der Waals surface area (Å²) in [6, 6.07) is 12.9. The fraction of sp³-hybridized carbons (Fsp3) is 0.308. The molecule has 1 aromatic heterocycles. The molecular weight excluding hydrogens is 460 g/mol. The van der Waals surface area contributed by atoms with Crippen LogP contribution in [0, 0.1) is 13.8 Å². The van der Waals surface area contributed by atoms with Crippen LogP contribution < -0.4 is 14.2 Å². The number of carbonyl (C=O) groups excluding carboxylic acids is 2. The molecule has 0 aliphatic rings. The molecule has 35 heavy (non-hydrogen) atoms. The molecule has 9 heteroatoms. The Hall–Kier alpha value is -3.88. The average Bonchev–Trinajstić information content (AvgIpc) is 3.12. The first-order valence-electron chi connectivity index (χ1n) is 10.8. The van der Waals surface area contributed by atoms with Crippen molar-refractivity contribution < 1.29 is 37.3 Å². The van der Waals surface area contributed by atoms with Crippen LogP contribution in [0.2, 0.25) is 0 Å². The summed E-state index contributed by atoms with van der Waals surface area (Å²) < 4.78 is 46.9. The van der Waals surface area contributed by atoms with Crippen molar-refractivity contribution in [1.82, 2.24) is 4.57 Å². The molecule has 0 saturated carbocycles. The van der Waals surface area contributed by atoms with Gasteiger partial charge in [-0.25, -0.2) is 0 Å². The largest absolute Gasteiger partial charge is 0.493 e. The van der Waals surface area contributed by atoms with Crippen LogP contribution in [-0.4, -0.2) is 43.3 Å². The van der Waals surface area contributed by atoms with Gasteiger partial charge in [0.1, 0.15) is 5.75 Å². The maximum absolute atomic E-state index is 13.1. The third kappa shape index (κ3) is 5.98. The summed E-state index contributed by atoms with van der Waals surface area (Å²) in [5, 5.41) is 0. The number of benzene rings is 2. The topological polar surface area (TPSA) is 76.0 Å². The van der Waals surface area contributed by atoms with Crippen molar-refractivity contribution in [1.29, 1.82) is 0 Å². The molecule has 2 aromatic carbocycles. The normalized spacial score (nSPS) is 11.8. The van der Waals surface area contributed by atoms with E-state index in [2.05, 4.69) is 4.74 Å². The molecule has 0 amide bonds. The molecule has 0 bridgehead atoms. The monoisotopic (exact) mass is 487 g/mol. The number of aromatic nitrogens is 1. The van der Waals surface area contributed by atoms with E-state index in [9.17, 15) is 18.4 Å². The molecule has 0 aliphatic heterocycles. The molecule has 1 atom stereocenters. The fourth-order valence-electron chi connectivity index (χ4n) is 3.85. The third-order valence-corrected chi connectivity index (χ3v) is 5.49. The minimum absolute atomic E-state index is 0.0377. The second-order valence-electron chi connectivity index (χ2n) is 7.86. The van der Waals surface area contributed by atoms with E-state index in [0.29, 0.717) is 34.0 Å². The lowest BCUT2D eigenvalue weighted by Crippen LogP contribution is -2.25. The van der Waals surface area contributed by atoms with Gasteiger partial charge in [0.25, 0.3) is 0 Å². The first kappa shape index (κ1) is 25.7. The first-order valence-corrected chi connectivity index (χ1v) is 10.8. The number of hydrogen-bond acceptors (Lipinski definition) is 6. The number of methoxy groups -OCH3 is 2. The molecule has 0 radical (unpaired) electrons. The van der Waals surface area contributed by atoms with Crippen molar-refractivity contribution in [2.24, 2.45) is 0 Å². The third-order valence-electron chi connectivity index (χ3n) is 5.49. The van der Waals surface area contributed by atoms with Gasteiger partial charge in [0.15, 0.2) is 17.6 Å². The zero-order valence-electron chi connectivity index (χ0n) is 20.1. The van der Waals surface area contributed by atoms with Crippen molar-refractivity contribution in [3.05, 3.63) is 71.0 Å². The molecule has 7 nitrogen and oxygen atoms in total. The van der Waals surface area contributed by atoms with Gasteiger partial charge in [-0.1, -0.05) is 6.07 Å². The van der Waals surface area contributed by atoms with Gasteiger partial charge in [0.2, 0.25) is 5.78 Å². The molecule has 0 saturated heterocycles. The Kier molecular flexibility index (Phi) is 8.11. The van der Waals surface area contributed by atoms with Crippen LogP contribution in [0.15, 0.2) is 48.5 Å². The van der Waals surface area contributed by atoms with E-state index >= 15 is 0 Å². The smallest absolute Gasteiger partial charge is 0.387 e. The van der Waals surface area contributed by atoms with Gasteiger partial charge >= 0.3 is 12.6 Å². The summed E-state index contributed by atoms with van der Waals surface area (Å²) in [6.45, 7) is 2.21. The van der Waals surface area contributed by atoms with E-state index < -0.39 is 18.7 Å². The number of hydrogen-bond donors (Lipinski definition) is 0. The lowest BCUT2D eigenvalue weighted by molar-refractivity contribution is -0.145. The van der Waals surface area contributed by atoms with Gasteiger partial charge in [0, 0.05) is 22.6 Å². The van der Waals surface area contributed by atoms with E-state index in [1.165, 1.54) is 33.3 Å². The van der Waals surface area contributed by atoms with Crippen LogP contribution in [0.4, 0.5) is 8.78 Å². The van der Waals surface area contributed by atoms with Gasteiger partial charge in [-0.2, -0.15) is 8.78 Å². The number of ether oxygens (including phenoxy) is 4. The summed E-state index contributed by atoms with van der Waals surface area (Å²) in [7, 11) is 3.02. The summed E-state index contributed by atoms with van der Waals surface area (Å²) in [4.78, 5) is 25.6. The number of aryl methyl sites for hydroxylation is 1. The lowest BCUT2D eigenvalue weighted by atomic mass is 10.1. The second-order valence-corrected chi connectivity index (χ2v) is 7.86. The molecule has 3 rings (SSSR count). The van der Waals surface area contributed by atoms with Crippen molar-refractivity contribution in [3.63, 3.8) is 0 Å². The fourth-order valence-corrected chi connectivity index (χ4v) is 3.85. The van der Waals surface area contributed by atoms with Gasteiger partial charge in [-0.05, 0) is 68.8 Å². The molecule has 0 N–H and O–H groups in total. The number of esters is 1. The molecule has 3 aromatic rings. The molecule has 0 aliphatic carbocycles. The Morgan fingerprint density at radius 2 is 1.60 bits per heavy atom. The predicted octanol–water partition coefficient (Wildman–Crippen LogP) is 5.07. The molecule has 186 valence electrons. The molecular formula is C26H27F2NO6. The van der Waals surface area contributed by atoms with Crippen LogP contribution in [-0.2, 0) is 16.0 Å². The van der Waals surface area contributed by atoms with Crippen molar-refractivity contribution in [2.45, 2.75) is 39.9 Å². The Labute approximate surface area is 202 Å². The highest BCUT2D eigenvalue weighted by Crippen LogP contribution is 2.28. The number of halogens is 2. The molecule has 0 fully saturated rings. The highest BCUT2D eigenvalue weighted by molar-refractivity contribution is 6.01. The quantitative estimate of drug-likeness (QED) is 0.294. The Morgan fingerprint density at radius 1 is 0.943 bits per heavy atom. The van der Waals surface area contributed by atoms with Crippen LogP contribution in [0.1, 0.15) is 34.2 Å². The number of rotatable bonds is 10. The minimum atomic E-state index is -2.91. The van der Waals surface area contributed by atoms with Crippen molar-refractivity contribution >= 4 is 11.8 Å². The maximum Gasteiger partial charge on any atom is 0.387 e. The predicted molar refractivity (Wildman–Crippen MR) is 125 cm³/mol. The van der Waals surface area contributed by atoms with Gasteiger partial charge in [-0.3, -0.25) is 9.59 Å². The Balaban J connectivity index is 1.72. The number of carbonyl (C=O) groups is 2. The highest BCUT2D eigenvalue weighted by Gasteiger charge is 2.24. The lowest BCUT2D eigenvalue weighted by Gasteiger charge is -2.14.